The Morgan fingerprint density at radius 3 is 2.73 bits per heavy atom. The van der Waals surface area contributed by atoms with Crippen LogP contribution in [0.3, 0.4) is 0 Å². The third-order valence-electron chi connectivity index (χ3n) is 5.00. The third kappa shape index (κ3) is 4.35. The van der Waals surface area contributed by atoms with Crippen LogP contribution < -0.4 is 5.32 Å². The molecule has 0 radical (unpaired) electrons. The first-order valence-electron chi connectivity index (χ1n) is 10.2. The highest BCUT2D eigenvalue weighted by molar-refractivity contribution is 5.81. The summed E-state index contributed by atoms with van der Waals surface area (Å²) in [4.78, 5) is 17.8. The van der Waals surface area contributed by atoms with Crippen molar-refractivity contribution in [3.8, 4) is 11.4 Å². The van der Waals surface area contributed by atoms with Gasteiger partial charge in [0.2, 0.25) is 5.95 Å². The van der Waals surface area contributed by atoms with Crippen molar-refractivity contribution in [2.24, 2.45) is 7.05 Å². The van der Waals surface area contributed by atoms with Crippen LogP contribution in [0.4, 0.5) is 11.6 Å². The molecular weight excluding hydrogens is 374 g/mol. The number of aryl methyl sites for hydroxylation is 2. The summed E-state index contributed by atoms with van der Waals surface area (Å²) in [7, 11) is 1.95. The molecule has 0 aliphatic heterocycles. The number of fused-ring (bicyclic) bond motifs is 1. The van der Waals surface area contributed by atoms with Gasteiger partial charge in [0.1, 0.15) is 11.3 Å². The molecular formula is C23H25N7. The summed E-state index contributed by atoms with van der Waals surface area (Å²) in [5, 5.41) is 11.3. The predicted molar refractivity (Wildman–Crippen MR) is 120 cm³/mol. The van der Waals surface area contributed by atoms with Crippen LogP contribution in [0, 0.1) is 5.41 Å². The monoisotopic (exact) mass is 399 g/mol. The van der Waals surface area contributed by atoms with Crippen LogP contribution in [0.5, 0.6) is 0 Å². The van der Waals surface area contributed by atoms with E-state index in [2.05, 4.69) is 44.3 Å². The number of aromatic nitrogens is 5. The van der Waals surface area contributed by atoms with E-state index in [0.717, 1.165) is 59.6 Å². The lowest BCUT2D eigenvalue weighted by Gasteiger charge is -2.08. The van der Waals surface area contributed by atoms with Gasteiger partial charge in [-0.25, -0.2) is 9.97 Å². The molecule has 0 amide bonds. The average molecular weight is 400 g/mol. The highest BCUT2D eigenvalue weighted by atomic mass is 15.2. The van der Waals surface area contributed by atoms with Gasteiger partial charge in [-0.1, -0.05) is 25.5 Å². The normalized spacial score (nSPS) is 11.0. The molecule has 0 unspecified atom stereocenters. The fourth-order valence-electron chi connectivity index (χ4n) is 3.46. The highest BCUT2D eigenvalue weighted by Crippen LogP contribution is 2.23. The van der Waals surface area contributed by atoms with Gasteiger partial charge in [0.05, 0.1) is 6.20 Å². The molecule has 7 nitrogen and oxygen atoms in total. The second kappa shape index (κ2) is 8.82. The number of imidazole rings is 1. The molecule has 0 aliphatic rings. The SMILES string of the molecule is CCCC(=N)CCc1cccc(Nc2ncc3nc(-c4ccncc4)n(C)c3n2)c1. The van der Waals surface area contributed by atoms with Gasteiger partial charge < -0.3 is 15.3 Å². The van der Waals surface area contributed by atoms with Gasteiger partial charge in [-0.2, -0.15) is 4.98 Å². The Morgan fingerprint density at radius 2 is 1.93 bits per heavy atom. The molecule has 0 atom stereocenters. The summed E-state index contributed by atoms with van der Waals surface area (Å²) in [6.45, 7) is 2.11. The van der Waals surface area contributed by atoms with Crippen LogP contribution in [0.2, 0.25) is 0 Å². The molecule has 152 valence electrons. The number of hydrogen-bond donors (Lipinski definition) is 2. The predicted octanol–water partition coefficient (Wildman–Crippen LogP) is 4.92. The van der Waals surface area contributed by atoms with Gasteiger partial charge in [0.15, 0.2) is 5.65 Å². The van der Waals surface area contributed by atoms with E-state index in [1.54, 1.807) is 18.6 Å². The van der Waals surface area contributed by atoms with Crippen LogP contribution in [0.25, 0.3) is 22.6 Å². The zero-order valence-corrected chi connectivity index (χ0v) is 17.3. The summed E-state index contributed by atoms with van der Waals surface area (Å²) in [6, 6.07) is 12.1. The molecule has 0 aliphatic carbocycles. The van der Waals surface area contributed by atoms with E-state index in [9.17, 15) is 0 Å². The van der Waals surface area contributed by atoms with Crippen molar-refractivity contribution < 1.29 is 0 Å². The Hall–Kier alpha value is -3.61. The van der Waals surface area contributed by atoms with Gasteiger partial charge in [0.25, 0.3) is 0 Å². The Labute approximate surface area is 175 Å². The number of pyridine rings is 1. The Kier molecular flexibility index (Phi) is 5.79. The smallest absolute Gasteiger partial charge is 0.229 e. The molecule has 0 spiro atoms. The van der Waals surface area contributed by atoms with Crippen LogP contribution in [0.1, 0.15) is 31.7 Å². The lowest BCUT2D eigenvalue weighted by Crippen LogP contribution is -2.01. The minimum absolute atomic E-state index is 0.530. The number of anilines is 2. The summed E-state index contributed by atoms with van der Waals surface area (Å²) >= 11 is 0. The van der Waals surface area contributed by atoms with E-state index in [0.29, 0.717) is 5.95 Å². The van der Waals surface area contributed by atoms with Gasteiger partial charge in [-0.3, -0.25) is 4.98 Å². The molecule has 0 saturated heterocycles. The minimum atomic E-state index is 0.530. The molecule has 7 heteroatoms. The number of nitrogens with zero attached hydrogens (tertiary/aromatic N) is 5. The molecule has 1 aromatic carbocycles. The molecule has 4 aromatic rings. The van der Waals surface area contributed by atoms with Crippen LogP contribution in [0.15, 0.2) is 55.0 Å². The largest absolute Gasteiger partial charge is 0.324 e. The Morgan fingerprint density at radius 1 is 1.10 bits per heavy atom. The Bertz CT molecular complexity index is 1160. The quantitative estimate of drug-likeness (QED) is 0.410. The maximum absolute atomic E-state index is 7.98. The third-order valence-corrected chi connectivity index (χ3v) is 5.00. The fourth-order valence-corrected chi connectivity index (χ4v) is 3.46. The second-order valence-corrected chi connectivity index (χ2v) is 7.31. The number of benzene rings is 1. The number of nitrogens with one attached hydrogen (secondary N) is 2. The van der Waals surface area contributed by atoms with E-state index in [4.69, 9.17) is 5.41 Å². The molecule has 4 rings (SSSR count). The molecule has 2 N–H and O–H groups in total. The van der Waals surface area contributed by atoms with Gasteiger partial charge in [-0.15, -0.1) is 0 Å². The summed E-state index contributed by atoms with van der Waals surface area (Å²) in [5.41, 5.74) is 5.45. The van der Waals surface area contributed by atoms with Crippen molar-refractivity contribution in [3.63, 3.8) is 0 Å². The first-order chi connectivity index (χ1) is 14.6. The lowest BCUT2D eigenvalue weighted by atomic mass is 10.0. The van der Waals surface area contributed by atoms with Gasteiger partial charge in [-0.05, 0) is 49.1 Å². The minimum Gasteiger partial charge on any atom is -0.324 e. The van der Waals surface area contributed by atoms with E-state index < -0.39 is 0 Å². The highest BCUT2D eigenvalue weighted by Gasteiger charge is 2.12. The topological polar surface area (TPSA) is 92.4 Å². The molecule has 3 heterocycles. The number of rotatable bonds is 8. The molecule has 30 heavy (non-hydrogen) atoms. The fraction of sp³-hybridized carbons (Fsp3) is 0.261. The van der Waals surface area contributed by atoms with Crippen molar-refractivity contribution in [1.82, 2.24) is 24.5 Å². The van der Waals surface area contributed by atoms with Crippen LogP contribution >= 0.6 is 0 Å². The van der Waals surface area contributed by atoms with Gasteiger partial charge >= 0.3 is 0 Å². The van der Waals surface area contributed by atoms with Crippen molar-refractivity contribution >= 4 is 28.5 Å². The zero-order chi connectivity index (χ0) is 20.9. The first kappa shape index (κ1) is 19.7. The van der Waals surface area contributed by atoms with E-state index in [-0.39, 0.29) is 0 Å². The van der Waals surface area contributed by atoms with E-state index >= 15 is 0 Å². The molecule has 0 bridgehead atoms. The maximum atomic E-state index is 7.98. The summed E-state index contributed by atoms with van der Waals surface area (Å²) in [5.74, 6) is 1.36. The Balaban J connectivity index is 1.54. The molecule has 0 saturated carbocycles. The van der Waals surface area contributed by atoms with Crippen molar-refractivity contribution in [3.05, 3.63) is 60.6 Å². The summed E-state index contributed by atoms with van der Waals surface area (Å²) < 4.78 is 1.97. The summed E-state index contributed by atoms with van der Waals surface area (Å²) in [6.07, 6.45) is 8.81. The van der Waals surface area contributed by atoms with Crippen molar-refractivity contribution in [2.75, 3.05) is 5.32 Å². The first-order valence-corrected chi connectivity index (χ1v) is 10.2. The number of hydrogen-bond acceptors (Lipinski definition) is 6. The van der Waals surface area contributed by atoms with Crippen molar-refractivity contribution in [2.45, 2.75) is 32.6 Å². The van der Waals surface area contributed by atoms with Crippen LogP contribution in [-0.2, 0) is 13.5 Å². The average Bonchev–Trinajstić information content (AvgIpc) is 3.09. The maximum Gasteiger partial charge on any atom is 0.229 e. The standard InChI is InChI=1S/C23H25N7/c1-3-5-18(24)9-8-16-6-4-7-19(14-16)27-23-26-15-20-22(29-23)30(2)21(28-20)17-10-12-25-13-11-17/h4,6-7,10-15,24H,3,5,8-9H2,1-2H3,(H,26,27,29). The van der Waals surface area contributed by atoms with E-state index in [1.165, 1.54) is 5.56 Å². The second-order valence-electron chi connectivity index (χ2n) is 7.31. The van der Waals surface area contributed by atoms with Gasteiger partial charge in [0, 0.05) is 36.4 Å². The van der Waals surface area contributed by atoms with E-state index in [1.807, 2.05) is 35.9 Å². The lowest BCUT2D eigenvalue weighted by molar-refractivity contribution is 0.923. The molecule has 0 fully saturated rings. The zero-order valence-electron chi connectivity index (χ0n) is 17.3. The molecule has 3 aromatic heterocycles. The van der Waals surface area contributed by atoms with Crippen molar-refractivity contribution in [1.29, 1.82) is 5.41 Å². The van der Waals surface area contributed by atoms with Crippen LogP contribution in [-0.4, -0.2) is 30.2 Å².